The minimum Gasteiger partial charge on any atom is -0.395 e. The summed E-state index contributed by atoms with van der Waals surface area (Å²) in [4.78, 5) is 0. The molecule has 0 spiro atoms. The van der Waals surface area contributed by atoms with Crippen LogP contribution in [0.2, 0.25) is 0 Å². The minimum absolute atomic E-state index is 0.00166. The van der Waals surface area contributed by atoms with Gasteiger partial charge in [-0.15, -0.1) is 0 Å². The number of aliphatic hydroxyl groups excluding tert-OH is 1. The maximum Gasteiger partial charge on any atom is 0.0621 e. The maximum atomic E-state index is 9.11. The Labute approximate surface area is 119 Å². The predicted octanol–water partition coefficient (Wildman–Crippen LogP) is 2.20. The van der Waals surface area contributed by atoms with Crippen LogP contribution < -0.4 is 5.73 Å². The summed E-state index contributed by atoms with van der Waals surface area (Å²) < 4.78 is 2.23. The van der Waals surface area contributed by atoms with Crippen LogP contribution in [-0.4, -0.2) is 22.3 Å². The highest BCUT2D eigenvalue weighted by atomic mass is 16.3. The molecule has 0 bridgehead atoms. The number of para-hydroxylation sites is 1. The Kier molecular flexibility index (Phi) is 5.16. The lowest BCUT2D eigenvalue weighted by molar-refractivity contribution is 0.265. The number of fused-ring (bicyclic) bond motifs is 1. The number of nitriles is 1. The van der Waals surface area contributed by atoms with Gasteiger partial charge >= 0.3 is 0 Å². The monoisotopic (exact) mass is 271 g/mol. The van der Waals surface area contributed by atoms with E-state index in [1.54, 1.807) is 0 Å². The van der Waals surface area contributed by atoms with Crippen molar-refractivity contribution >= 4 is 10.9 Å². The number of hydrogen-bond acceptors (Lipinski definition) is 3. The predicted molar refractivity (Wildman–Crippen MR) is 80.2 cm³/mol. The SMILES string of the molecule is N#CCCCCn1cc(C[C@@H](N)CO)c2ccccc21. The molecule has 0 saturated carbocycles. The molecule has 20 heavy (non-hydrogen) atoms. The molecule has 0 unspecified atom stereocenters. The van der Waals surface area contributed by atoms with E-state index in [2.05, 4.69) is 29.0 Å². The van der Waals surface area contributed by atoms with Crippen molar-refractivity contribution in [2.24, 2.45) is 5.73 Å². The van der Waals surface area contributed by atoms with Gasteiger partial charge in [-0.3, -0.25) is 0 Å². The molecule has 0 fully saturated rings. The van der Waals surface area contributed by atoms with E-state index in [0.717, 1.165) is 19.4 Å². The second-order valence-electron chi connectivity index (χ2n) is 5.13. The molecule has 2 aromatic rings. The van der Waals surface area contributed by atoms with Crippen LogP contribution in [0.15, 0.2) is 30.5 Å². The quantitative estimate of drug-likeness (QED) is 0.758. The Bertz CT molecular complexity index is 597. The molecule has 0 aliphatic carbocycles. The first-order chi connectivity index (χ1) is 9.76. The lowest BCUT2D eigenvalue weighted by Crippen LogP contribution is -2.26. The van der Waals surface area contributed by atoms with Crippen molar-refractivity contribution in [3.8, 4) is 6.07 Å². The number of aryl methyl sites for hydroxylation is 1. The first kappa shape index (κ1) is 14.6. The first-order valence-corrected chi connectivity index (χ1v) is 7.06. The smallest absolute Gasteiger partial charge is 0.0621 e. The Morgan fingerprint density at radius 3 is 2.85 bits per heavy atom. The van der Waals surface area contributed by atoms with Gasteiger partial charge < -0.3 is 15.4 Å². The van der Waals surface area contributed by atoms with Crippen molar-refractivity contribution in [2.75, 3.05) is 6.61 Å². The van der Waals surface area contributed by atoms with Gasteiger partial charge in [0.25, 0.3) is 0 Å². The van der Waals surface area contributed by atoms with Crippen molar-refractivity contribution in [3.05, 3.63) is 36.0 Å². The van der Waals surface area contributed by atoms with Crippen LogP contribution in [0.4, 0.5) is 0 Å². The van der Waals surface area contributed by atoms with Crippen LogP contribution in [0.25, 0.3) is 10.9 Å². The molecule has 1 atom stereocenters. The average molecular weight is 271 g/mol. The fourth-order valence-electron chi connectivity index (χ4n) is 2.50. The summed E-state index contributed by atoms with van der Waals surface area (Å²) in [5.41, 5.74) is 8.23. The Hall–Kier alpha value is -1.83. The van der Waals surface area contributed by atoms with Gasteiger partial charge in [-0.2, -0.15) is 5.26 Å². The molecule has 1 aromatic heterocycles. The van der Waals surface area contributed by atoms with E-state index in [1.165, 1.54) is 16.5 Å². The van der Waals surface area contributed by atoms with Gasteiger partial charge in [0.15, 0.2) is 0 Å². The van der Waals surface area contributed by atoms with Crippen LogP contribution in [-0.2, 0) is 13.0 Å². The van der Waals surface area contributed by atoms with Gasteiger partial charge in [0.05, 0.1) is 12.7 Å². The first-order valence-electron chi connectivity index (χ1n) is 7.06. The molecule has 4 nitrogen and oxygen atoms in total. The lowest BCUT2D eigenvalue weighted by atomic mass is 10.1. The number of nitrogens with zero attached hydrogens (tertiary/aromatic N) is 2. The van der Waals surface area contributed by atoms with E-state index in [4.69, 9.17) is 16.1 Å². The summed E-state index contributed by atoms with van der Waals surface area (Å²) in [5, 5.41) is 18.9. The number of rotatable bonds is 7. The highest BCUT2D eigenvalue weighted by Gasteiger charge is 2.10. The second-order valence-corrected chi connectivity index (χ2v) is 5.13. The maximum absolute atomic E-state index is 9.11. The number of nitrogens with two attached hydrogens (primary N) is 1. The average Bonchev–Trinajstić information content (AvgIpc) is 2.82. The molecule has 106 valence electrons. The van der Waals surface area contributed by atoms with Gasteiger partial charge in [-0.25, -0.2) is 0 Å². The summed E-state index contributed by atoms with van der Waals surface area (Å²) in [7, 11) is 0. The van der Waals surface area contributed by atoms with Crippen LogP contribution in [0.1, 0.15) is 24.8 Å². The van der Waals surface area contributed by atoms with E-state index in [-0.39, 0.29) is 12.6 Å². The third-order valence-corrected chi connectivity index (χ3v) is 3.53. The fourth-order valence-corrected chi connectivity index (χ4v) is 2.50. The zero-order valence-corrected chi connectivity index (χ0v) is 11.6. The Morgan fingerprint density at radius 2 is 2.10 bits per heavy atom. The van der Waals surface area contributed by atoms with Crippen molar-refractivity contribution < 1.29 is 5.11 Å². The molecular formula is C16H21N3O. The number of benzene rings is 1. The van der Waals surface area contributed by atoms with E-state index >= 15 is 0 Å². The van der Waals surface area contributed by atoms with Gasteiger partial charge in [-0.05, 0) is 30.9 Å². The second kappa shape index (κ2) is 7.09. The normalized spacial score (nSPS) is 12.4. The molecule has 2 rings (SSSR count). The van der Waals surface area contributed by atoms with Crippen LogP contribution >= 0.6 is 0 Å². The number of unbranched alkanes of at least 4 members (excludes halogenated alkanes) is 2. The van der Waals surface area contributed by atoms with Crippen LogP contribution in [0, 0.1) is 11.3 Å². The topological polar surface area (TPSA) is 75.0 Å². The van der Waals surface area contributed by atoms with E-state index < -0.39 is 0 Å². The van der Waals surface area contributed by atoms with Gasteiger partial charge in [0.1, 0.15) is 0 Å². The van der Waals surface area contributed by atoms with E-state index in [1.807, 2.05) is 12.1 Å². The van der Waals surface area contributed by atoms with Gasteiger partial charge in [0, 0.05) is 36.1 Å². The zero-order valence-electron chi connectivity index (χ0n) is 11.6. The van der Waals surface area contributed by atoms with Crippen molar-refractivity contribution in [1.29, 1.82) is 5.26 Å². The molecule has 0 saturated heterocycles. The molecule has 0 aliphatic rings. The van der Waals surface area contributed by atoms with E-state index in [0.29, 0.717) is 12.8 Å². The van der Waals surface area contributed by atoms with Gasteiger partial charge in [-0.1, -0.05) is 18.2 Å². The van der Waals surface area contributed by atoms with Gasteiger partial charge in [0.2, 0.25) is 0 Å². The summed E-state index contributed by atoms with van der Waals surface area (Å²) in [6.45, 7) is 0.915. The van der Waals surface area contributed by atoms with Crippen LogP contribution in [0.3, 0.4) is 0 Å². The number of aromatic nitrogens is 1. The number of aliphatic hydroxyl groups is 1. The third-order valence-electron chi connectivity index (χ3n) is 3.53. The lowest BCUT2D eigenvalue weighted by Gasteiger charge is -2.06. The molecular weight excluding hydrogens is 250 g/mol. The summed E-state index contributed by atoms with van der Waals surface area (Å²) in [6.07, 6.45) is 5.35. The summed E-state index contributed by atoms with van der Waals surface area (Å²) in [6, 6.07) is 10.2. The fraction of sp³-hybridized carbons (Fsp3) is 0.438. The van der Waals surface area contributed by atoms with E-state index in [9.17, 15) is 0 Å². The van der Waals surface area contributed by atoms with Crippen molar-refractivity contribution in [1.82, 2.24) is 4.57 Å². The third kappa shape index (κ3) is 3.38. The molecule has 1 aromatic carbocycles. The molecule has 0 aliphatic heterocycles. The Balaban J connectivity index is 2.19. The highest BCUT2D eigenvalue weighted by Crippen LogP contribution is 2.23. The molecule has 4 heteroatoms. The molecule has 1 heterocycles. The summed E-state index contributed by atoms with van der Waals surface area (Å²) in [5.74, 6) is 0. The zero-order chi connectivity index (χ0) is 14.4. The minimum atomic E-state index is -0.215. The highest BCUT2D eigenvalue weighted by molar-refractivity contribution is 5.84. The molecule has 3 N–H and O–H groups in total. The standard InChI is InChI=1S/C16H21N3O/c17-8-4-1-5-9-19-11-13(10-14(18)12-20)15-6-2-3-7-16(15)19/h2-3,6-7,11,14,20H,1,4-5,9-10,12,18H2/t14-/m1/s1. The largest absolute Gasteiger partial charge is 0.395 e. The Morgan fingerprint density at radius 1 is 1.30 bits per heavy atom. The van der Waals surface area contributed by atoms with Crippen LogP contribution in [0.5, 0.6) is 0 Å². The molecule has 0 radical (unpaired) electrons. The number of hydrogen-bond donors (Lipinski definition) is 2. The molecule has 0 amide bonds. The van der Waals surface area contributed by atoms with Crippen molar-refractivity contribution in [3.63, 3.8) is 0 Å². The summed E-state index contributed by atoms with van der Waals surface area (Å²) >= 11 is 0. The van der Waals surface area contributed by atoms with Crippen molar-refractivity contribution in [2.45, 2.75) is 38.3 Å².